The average molecular weight is 357 g/mol. The highest BCUT2D eigenvalue weighted by Crippen LogP contribution is 2.24. The molecule has 0 radical (unpaired) electrons. The number of aliphatic carboxylic acids is 1. The monoisotopic (exact) mass is 357 g/mol. The number of rotatable bonds is 4. The number of carboxylic acid groups (broad SMARTS) is 1. The molecular formula is C17H18F3NO4. The van der Waals surface area contributed by atoms with Crippen molar-refractivity contribution in [2.24, 2.45) is 0 Å². The summed E-state index contributed by atoms with van der Waals surface area (Å²) in [5, 5.41) is 12.3. The molecule has 0 saturated carbocycles. The number of carboxylic acids is 1. The number of fused-ring (bicyclic) bond motifs is 1. The van der Waals surface area contributed by atoms with Crippen LogP contribution in [0.25, 0.3) is 10.8 Å². The Bertz CT molecular complexity index is 744. The Labute approximate surface area is 142 Å². The summed E-state index contributed by atoms with van der Waals surface area (Å²) in [5.41, 5.74) is 1.22. The number of methoxy groups -OCH3 is 1. The van der Waals surface area contributed by atoms with Crippen molar-refractivity contribution in [1.82, 2.24) is 5.32 Å². The Morgan fingerprint density at radius 3 is 2.36 bits per heavy atom. The van der Waals surface area contributed by atoms with Gasteiger partial charge in [0.15, 0.2) is 0 Å². The predicted molar refractivity (Wildman–Crippen MR) is 86.6 cm³/mol. The molecule has 0 unspecified atom stereocenters. The van der Waals surface area contributed by atoms with Gasteiger partial charge in [-0.25, -0.2) is 4.79 Å². The van der Waals surface area contributed by atoms with Gasteiger partial charge < -0.3 is 15.2 Å². The van der Waals surface area contributed by atoms with E-state index in [1.54, 1.807) is 7.11 Å². The van der Waals surface area contributed by atoms with Crippen molar-refractivity contribution in [2.75, 3.05) is 13.7 Å². The van der Waals surface area contributed by atoms with Crippen LogP contribution in [0.2, 0.25) is 0 Å². The first kappa shape index (κ1) is 20.3. The van der Waals surface area contributed by atoms with Crippen LogP contribution in [0.5, 0.6) is 5.75 Å². The summed E-state index contributed by atoms with van der Waals surface area (Å²) in [7, 11) is 1.67. The maximum atomic E-state index is 10.9. The normalized spacial score (nSPS) is 10.6. The molecule has 2 rings (SSSR count). The van der Waals surface area contributed by atoms with Crippen molar-refractivity contribution < 1.29 is 32.6 Å². The van der Waals surface area contributed by atoms with Crippen LogP contribution in [-0.2, 0) is 16.0 Å². The highest BCUT2D eigenvalue weighted by molar-refractivity contribution is 5.87. The standard InChI is InChI=1S/C15H17NO2.C2HF3O2/c1-11(17)16-9-8-13-5-3-4-12-6-7-14(18-2)10-15(12)13;3-2(4,5)1(6)7/h3-7,10H,8-9H2,1-2H3,(H,16,17);(H,6,7). The molecule has 0 aliphatic rings. The van der Waals surface area contributed by atoms with Gasteiger partial charge in [-0.2, -0.15) is 13.2 Å². The zero-order valence-corrected chi connectivity index (χ0v) is 13.7. The number of nitrogens with one attached hydrogen (secondary N) is 1. The Balaban J connectivity index is 0.000000381. The Morgan fingerprint density at radius 1 is 1.20 bits per heavy atom. The van der Waals surface area contributed by atoms with Crippen molar-refractivity contribution >= 4 is 22.6 Å². The van der Waals surface area contributed by atoms with Gasteiger partial charge in [-0.05, 0) is 34.9 Å². The Morgan fingerprint density at radius 2 is 1.84 bits per heavy atom. The molecule has 0 atom stereocenters. The summed E-state index contributed by atoms with van der Waals surface area (Å²) in [6, 6.07) is 12.3. The third-order valence-electron chi connectivity index (χ3n) is 3.19. The van der Waals surface area contributed by atoms with Crippen LogP contribution in [0.4, 0.5) is 13.2 Å². The largest absolute Gasteiger partial charge is 0.497 e. The second-order valence-electron chi connectivity index (χ2n) is 5.04. The summed E-state index contributed by atoms with van der Waals surface area (Å²) < 4.78 is 37.0. The number of benzene rings is 2. The van der Waals surface area contributed by atoms with E-state index in [9.17, 15) is 18.0 Å². The molecule has 2 aromatic rings. The topological polar surface area (TPSA) is 75.6 Å². The summed E-state index contributed by atoms with van der Waals surface area (Å²) in [6.07, 6.45) is -4.26. The quantitative estimate of drug-likeness (QED) is 0.881. The number of hydrogen-bond donors (Lipinski definition) is 2. The van der Waals surface area contributed by atoms with Crippen molar-refractivity contribution in [3.05, 3.63) is 42.0 Å². The number of hydrogen-bond acceptors (Lipinski definition) is 3. The van der Waals surface area contributed by atoms with E-state index in [1.165, 1.54) is 23.3 Å². The average Bonchev–Trinajstić information content (AvgIpc) is 2.54. The number of ether oxygens (including phenoxy) is 1. The molecule has 0 saturated heterocycles. The van der Waals surface area contributed by atoms with E-state index in [-0.39, 0.29) is 5.91 Å². The van der Waals surface area contributed by atoms with Gasteiger partial charge in [0.25, 0.3) is 0 Å². The lowest BCUT2D eigenvalue weighted by atomic mass is 10.0. The molecule has 0 aliphatic carbocycles. The fraction of sp³-hybridized carbons (Fsp3) is 0.294. The van der Waals surface area contributed by atoms with Crippen LogP contribution in [0.15, 0.2) is 36.4 Å². The fourth-order valence-corrected chi connectivity index (χ4v) is 2.03. The lowest BCUT2D eigenvalue weighted by Gasteiger charge is -2.08. The third-order valence-corrected chi connectivity index (χ3v) is 3.19. The van der Waals surface area contributed by atoms with E-state index in [1.807, 2.05) is 18.2 Å². The molecule has 0 spiro atoms. The predicted octanol–water partition coefficient (Wildman–Crippen LogP) is 3.16. The van der Waals surface area contributed by atoms with Crippen molar-refractivity contribution in [3.8, 4) is 5.75 Å². The first-order valence-corrected chi connectivity index (χ1v) is 7.25. The second-order valence-corrected chi connectivity index (χ2v) is 5.04. The number of amides is 1. The molecule has 0 heterocycles. The molecule has 5 nitrogen and oxygen atoms in total. The maximum Gasteiger partial charge on any atom is 0.490 e. The molecule has 0 aromatic heterocycles. The van der Waals surface area contributed by atoms with E-state index in [2.05, 4.69) is 23.5 Å². The SMILES string of the molecule is COc1ccc2cccc(CCNC(C)=O)c2c1.O=C(O)C(F)(F)F. The molecule has 25 heavy (non-hydrogen) atoms. The molecule has 136 valence electrons. The van der Waals surface area contributed by atoms with Gasteiger partial charge in [0, 0.05) is 13.5 Å². The molecule has 2 aromatic carbocycles. The van der Waals surface area contributed by atoms with Crippen molar-refractivity contribution in [1.29, 1.82) is 0 Å². The first-order chi connectivity index (χ1) is 11.6. The van der Waals surface area contributed by atoms with Gasteiger partial charge >= 0.3 is 12.1 Å². The van der Waals surface area contributed by atoms with E-state index >= 15 is 0 Å². The van der Waals surface area contributed by atoms with Gasteiger partial charge in [0.2, 0.25) is 5.91 Å². The van der Waals surface area contributed by atoms with Crippen LogP contribution in [0, 0.1) is 0 Å². The molecule has 0 fully saturated rings. The van der Waals surface area contributed by atoms with Crippen molar-refractivity contribution in [3.63, 3.8) is 0 Å². The zero-order chi connectivity index (χ0) is 19.0. The summed E-state index contributed by atoms with van der Waals surface area (Å²) in [5.74, 6) is -1.89. The lowest BCUT2D eigenvalue weighted by Crippen LogP contribution is -2.22. The Hall–Kier alpha value is -2.77. The number of carbonyl (C=O) groups is 2. The highest BCUT2D eigenvalue weighted by atomic mass is 19.4. The van der Waals surface area contributed by atoms with Crippen LogP contribution in [-0.4, -0.2) is 36.8 Å². The number of halogens is 3. The molecule has 0 bridgehead atoms. The van der Waals surface area contributed by atoms with E-state index in [0.29, 0.717) is 6.54 Å². The lowest BCUT2D eigenvalue weighted by molar-refractivity contribution is -0.192. The van der Waals surface area contributed by atoms with Gasteiger partial charge in [-0.15, -0.1) is 0 Å². The van der Waals surface area contributed by atoms with Gasteiger partial charge in [-0.3, -0.25) is 4.79 Å². The van der Waals surface area contributed by atoms with Crippen LogP contribution >= 0.6 is 0 Å². The summed E-state index contributed by atoms with van der Waals surface area (Å²) in [4.78, 5) is 19.8. The van der Waals surface area contributed by atoms with Gasteiger partial charge in [-0.1, -0.05) is 24.3 Å². The molecule has 0 aliphatic heterocycles. The third kappa shape index (κ3) is 6.70. The van der Waals surface area contributed by atoms with Crippen LogP contribution < -0.4 is 10.1 Å². The smallest absolute Gasteiger partial charge is 0.490 e. The van der Waals surface area contributed by atoms with E-state index in [4.69, 9.17) is 14.6 Å². The van der Waals surface area contributed by atoms with Crippen LogP contribution in [0.1, 0.15) is 12.5 Å². The maximum absolute atomic E-state index is 10.9. The minimum absolute atomic E-state index is 0.00724. The minimum atomic E-state index is -5.08. The van der Waals surface area contributed by atoms with Crippen LogP contribution in [0.3, 0.4) is 0 Å². The molecule has 1 amide bonds. The van der Waals surface area contributed by atoms with E-state index < -0.39 is 12.1 Å². The fourth-order valence-electron chi connectivity index (χ4n) is 2.03. The Kier molecular flexibility index (Phi) is 7.22. The zero-order valence-electron chi connectivity index (χ0n) is 13.7. The summed E-state index contributed by atoms with van der Waals surface area (Å²) >= 11 is 0. The second kappa shape index (κ2) is 8.91. The first-order valence-electron chi connectivity index (χ1n) is 7.25. The summed E-state index contributed by atoms with van der Waals surface area (Å²) in [6.45, 7) is 2.19. The van der Waals surface area contributed by atoms with Gasteiger partial charge in [0.1, 0.15) is 5.75 Å². The highest BCUT2D eigenvalue weighted by Gasteiger charge is 2.38. The van der Waals surface area contributed by atoms with Crippen molar-refractivity contribution in [2.45, 2.75) is 19.5 Å². The van der Waals surface area contributed by atoms with Gasteiger partial charge in [0.05, 0.1) is 7.11 Å². The minimum Gasteiger partial charge on any atom is -0.497 e. The molecule has 2 N–H and O–H groups in total. The molecular weight excluding hydrogens is 339 g/mol. The molecule has 8 heteroatoms. The van der Waals surface area contributed by atoms with E-state index in [0.717, 1.165) is 12.2 Å². The number of alkyl halides is 3. The number of carbonyl (C=O) groups excluding carboxylic acids is 1.